The summed E-state index contributed by atoms with van der Waals surface area (Å²) < 4.78 is 11.7. The van der Waals surface area contributed by atoms with Crippen molar-refractivity contribution >= 4 is 18.3 Å². The second-order valence-corrected chi connectivity index (χ2v) is 5.42. The van der Waals surface area contributed by atoms with Crippen molar-refractivity contribution in [3.05, 3.63) is 18.7 Å². The summed E-state index contributed by atoms with van der Waals surface area (Å²) in [5, 5.41) is 0. The van der Waals surface area contributed by atoms with Gasteiger partial charge >= 0.3 is 6.09 Å². The first kappa shape index (κ1) is 14.8. The van der Waals surface area contributed by atoms with E-state index in [1.54, 1.807) is 18.7 Å². The molecule has 0 spiro atoms. The zero-order chi connectivity index (χ0) is 13.4. The standard InChI is InChI=1S/C8H15NO3S.C3H4N2/c1-8(2,3)12-7(10)9-5-4-6-11-13-9;1-2-5-3-4-1/h4-6H2,1-3H3;1-3H,(H,4,5). The van der Waals surface area contributed by atoms with Crippen LogP contribution in [0.15, 0.2) is 18.7 Å². The third-order valence-electron chi connectivity index (χ3n) is 1.73. The van der Waals surface area contributed by atoms with E-state index in [4.69, 9.17) is 8.92 Å². The first-order valence-corrected chi connectivity index (χ1v) is 6.42. The highest BCUT2D eigenvalue weighted by molar-refractivity contribution is 7.92. The first-order chi connectivity index (χ1) is 8.49. The molecule has 1 fully saturated rings. The summed E-state index contributed by atoms with van der Waals surface area (Å²) in [5.41, 5.74) is -0.435. The predicted octanol–water partition coefficient (Wildman–Crippen LogP) is 2.62. The van der Waals surface area contributed by atoms with Crippen molar-refractivity contribution in [2.45, 2.75) is 32.8 Å². The number of imidazole rings is 1. The Bertz CT molecular complexity index is 315. The molecule has 0 saturated carbocycles. The maximum Gasteiger partial charge on any atom is 0.422 e. The number of carbonyl (C=O) groups excluding carboxylic acids is 1. The Morgan fingerprint density at radius 1 is 1.56 bits per heavy atom. The average Bonchev–Trinajstić information content (AvgIpc) is 2.86. The Morgan fingerprint density at radius 3 is 2.72 bits per heavy atom. The van der Waals surface area contributed by atoms with Crippen LogP contribution in [0, 0.1) is 0 Å². The lowest BCUT2D eigenvalue weighted by molar-refractivity contribution is 0.0372. The molecular formula is C11H19N3O3S. The van der Waals surface area contributed by atoms with Gasteiger partial charge in [-0.3, -0.25) is 4.18 Å². The molecule has 1 aromatic heterocycles. The predicted molar refractivity (Wildman–Crippen MR) is 69.7 cm³/mol. The van der Waals surface area contributed by atoms with Gasteiger partial charge in [0.25, 0.3) is 0 Å². The van der Waals surface area contributed by atoms with Gasteiger partial charge in [-0.05, 0) is 27.2 Å². The second-order valence-electron chi connectivity index (χ2n) is 4.59. The van der Waals surface area contributed by atoms with Crippen molar-refractivity contribution in [2.24, 2.45) is 0 Å². The molecule has 0 unspecified atom stereocenters. The van der Waals surface area contributed by atoms with Crippen LogP contribution in [0.2, 0.25) is 0 Å². The van der Waals surface area contributed by atoms with Gasteiger partial charge in [0.1, 0.15) is 17.8 Å². The van der Waals surface area contributed by atoms with Gasteiger partial charge in [-0.25, -0.2) is 14.1 Å². The van der Waals surface area contributed by atoms with E-state index in [-0.39, 0.29) is 6.09 Å². The van der Waals surface area contributed by atoms with Gasteiger partial charge in [0.2, 0.25) is 0 Å². The second kappa shape index (κ2) is 7.27. The van der Waals surface area contributed by atoms with Crippen LogP contribution in [0.25, 0.3) is 0 Å². The van der Waals surface area contributed by atoms with Crippen LogP contribution in [0.4, 0.5) is 4.79 Å². The van der Waals surface area contributed by atoms with E-state index in [2.05, 4.69) is 9.97 Å². The molecule has 1 aliphatic heterocycles. The number of nitrogens with one attached hydrogen (secondary N) is 1. The van der Waals surface area contributed by atoms with Crippen LogP contribution in [0.1, 0.15) is 27.2 Å². The number of ether oxygens (including phenoxy) is 1. The minimum Gasteiger partial charge on any atom is -0.443 e. The number of amides is 1. The molecule has 0 atom stereocenters. The lowest BCUT2D eigenvalue weighted by Gasteiger charge is -2.27. The normalized spacial score (nSPS) is 15.6. The largest absolute Gasteiger partial charge is 0.443 e. The summed E-state index contributed by atoms with van der Waals surface area (Å²) in [7, 11) is 0. The molecule has 102 valence electrons. The summed E-state index contributed by atoms with van der Waals surface area (Å²) in [5.74, 6) is 0. The Labute approximate surface area is 111 Å². The molecule has 1 saturated heterocycles. The number of hydrogen-bond donors (Lipinski definition) is 1. The van der Waals surface area contributed by atoms with Gasteiger partial charge in [-0.15, -0.1) is 0 Å². The highest BCUT2D eigenvalue weighted by Crippen LogP contribution is 2.21. The van der Waals surface area contributed by atoms with Crippen molar-refractivity contribution in [2.75, 3.05) is 13.2 Å². The number of nitrogens with zero attached hydrogens (tertiary/aromatic N) is 2. The smallest absolute Gasteiger partial charge is 0.422 e. The van der Waals surface area contributed by atoms with Gasteiger partial charge in [0.05, 0.1) is 12.9 Å². The third-order valence-corrected chi connectivity index (χ3v) is 2.52. The number of carbonyl (C=O) groups is 1. The van der Waals surface area contributed by atoms with E-state index in [9.17, 15) is 4.79 Å². The fourth-order valence-electron chi connectivity index (χ4n) is 1.05. The molecule has 1 amide bonds. The third kappa shape index (κ3) is 6.51. The zero-order valence-electron chi connectivity index (χ0n) is 10.9. The van der Waals surface area contributed by atoms with Crippen LogP contribution in [-0.2, 0) is 8.92 Å². The average molecular weight is 273 g/mol. The lowest BCUT2D eigenvalue weighted by atomic mass is 10.2. The van der Waals surface area contributed by atoms with Crippen molar-refractivity contribution < 1.29 is 13.7 Å². The van der Waals surface area contributed by atoms with Crippen LogP contribution in [0.5, 0.6) is 0 Å². The summed E-state index contributed by atoms with van der Waals surface area (Å²) in [6, 6.07) is 0. The van der Waals surface area contributed by atoms with E-state index >= 15 is 0 Å². The van der Waals surface area contributed by atoms with E-state index in [0.717, 1.165) is 18.6 Å². The van der Waals surface area contributed by atoms with Gasteiger partial charge < -0.3 is 9.72 Å². The SMILES string of the molecule is CC(C)(C)OC(=O)N1CCCOS1.c1c[nH]cn1. The number of H-pyrrole nitrogens is 1. The van der Waals surface area contributed by atoms with Crippen LogP contribution < -0.4 is 0 Å². The zero-order valence-corrected chi connectivity index (χ0v) is 11.7. The van der Waals surface area contributed by atoms with Gasteiger partial charge in [0, 0.05) is 18.9 Å². The highest BCUT2D eigenvalue weighted by Gasteiger charge is 2.24. The maximum absolute atomic E-state index is 11.4. The minimum absolute atomic E-state index is 0.322. The molecule has 1 aromatic rings. The van der Waals surface area contributed by atoms with Crippen LogP contribution >= 0.6 is 12.2 Å². The Kier molecular flexibility index (Phi) is 6.00. The molecule has 1 N–H and O–H groups in total. The quantitative estimate of drug-likeness (QED) is 0.581. The molecule has 0 aliphatic carbocycles. The van der Waals surface area contributed by atoms with E-state index in [0.29, 0.717) is 13.2 Å². The van der Waals surface area contributed by atoms with Gasteiger partial charge in [-0.1, -0.05) is 0 Å². The molecule has 18 heavy (non-hydrogen) atoms. The fraction of sp³-hybridized carbons (Fsp3) is 0.636. The number of aromatic amines is 1. The van der Waals surface area contributed by atoms with E-state index in [1.165, 1.54) is 4.31 Å². The van der Waals surface area contributed by atoms with E-state index in [1.807, 2.05) is 20.8 Å². The number of aromatic nitrogens is 2. The number of rotatable bonds is 0. The highest BCUT2D eigenvalue weighted by atomic mass is 32.2. The molecule has 0 bridgehead atoms. The van der Waals surface area contributed by atoms with Crippen LogP contribution in [-0.4, -0.2) is 39.1 Å². The lowest BCUT2D eigenvalue weighted by Crippen LogP contribution is -2.35. The number of hydrogen-bond acceptors (Lipinski definition) is 5. The maximum atomic E-state index is 11.4. The Morgan fingerprint density at radius 2 is 2.33 bits per heavy atom. The summed E-state index contributed by atoms with van der Waals surface area (Å²) in [6.07, 6.45) is 5.63. The summed E-state index contributed by atoms with van der Waals surface area (Å²) >= 11 is 1.07. The van der Waals surface area contributed by atoms with Crippen LogP contribution in [0.3, 0.4) is 0 Å². The molecule has 2 heterocycles. The molecule has 0 aromatic carbocycles. The van der Waals surface area contributed by atoms with Crippen molar-refractivity contribution in [3.8, 4) is 0 Å². The molecule has 0 radical (unpaired) electrons. The summed E-state index contributed by atoms with van der Waals surface area (Å²) in [4.78, 5) is 17.8. The van der Waals surface area contributed by atoms with Crippen molar-refractivity contribution in [1.29, 1.82) is 0 Å². The van der Waals surface area contributed by atoms with E-state index < -0.39 is 5.60 Å². The van der Waals surface area contributed by atoms with Gasteiger partial charge in [-0.2, -0.15) is 0 Å². The molecular weight excluding hydrogens is 254 g/mol. The molecule has 2 rings (SSSR count). The first-order valence-electron chi connectivity index (χ1n) is 5.72. The fourth-order valence-corrected chi connectivity index (χ4v) is 1.68. The minimum atomic E-state index is -0.435. The Balaban J connectivity index is 0.000000269. The Hall–Kier alpha value is -1.21. The van der Waals surface area contributed by atoms with Crippen molar-refractivity contribution in [3.63, 3.8) is 0 Å². The monoisotopic (exact) mass is 273 g/mol. The van der Waals surface area contributed by atoms with Gasteiger partial charge in [0.15, 0.2) is 0 Å². The van der Waals surface area contributed by atoms with Crippen molar-refractivity contribution in [1.82, 2.24) is 14.3 Å². The molecule has 6 nitrogen and oxygen atoms in total. The summed E-state index contributed by atoms with van der Waals surface area (Å²) in [6.45, 7) is 6.94. The topological polar surface area (TPSA) is 67.4 Å². The molecule has 7 heteroatoms. The molecule has 1 aliphatic rings.